The van der Waals surface area contributed by atoms with Crippen LogP contribution >= 0.6 is 0 Å². The number of hydrogen-bond acceptors (Lipinski definition) is 3. The summed E-state index contributed by atoms with van der Waals surface area (Å²) >= 11 is 0. The Hall–Kier alpha value is -2.21. The molecule has 0 bridgehead atoms. The van der Waals surface area contributed by atoms with Gasteiger partial charge in [-0.05, 0) is 44.2 Å². The number of hydrogen-bond donors (Lipinski definition) is 0. The molecule has 1 aromatic heterocycles. The van der Waals surface area contributed by atoms with E-state index in [1.807, 2.05) is 4.90 Å². The van der Waals surface area contributed by atoms with Crippen LogP contribution in [0.1, 0.15) is 54.9 Å². The largest absolute Gasteiger partial charge is 0.383 e. The van der Waals surface area contributed by atoms with Crippen molar-refractivity contribution in [2.45, 2.75) is 52.0 Å². The summed E-state index contributed by atoms with van der Waals surface area (Å²) in [5.74, 6) is -0.404. The molecule has 0 fully saturated rings. The van der Waals surface area contributed by atoms with Gasteiger partial charge in [-0.3, -0.25) is 4.79 Å². The number of methoxy groups -OCH3 is 1. The molecule has 0 unspecified atom stereocenters. The van der Waals surface area contributed by atoms with Crippen molar-refractivity contribution >= 4 is 5.91 Å². The molecule has 0 N–H and O–H groups in total. The lowest BCUT2D eigenvalue weighted by Crippen LogP contribution is -2.42. The van der Waals surface area contributed by atoms with Gasteiger partial charge >= 0.3 is 0 Å². The summed E-state index contributed by atoms with van der Waals surface area (Å²) < 4.78 is 21.2. The van der Waals surface area contributed by atoms with Crippen molar-refractivity contribution in [2.24, 2.45) is 0 Å². The normalized spacial score (nSPS) is 13.2. The molecule has 1 heterocycles. The van der Waals surface area contributed by atoms with Crippen molar-refractivity contribution < 1.29 is 13.9 Å². The van der Waals surface area contributed by atoms with Crippen LogP contribution in [0, 0.1) is 5.82 Å². The number of halogens is 1. The molecule has 1 amide bonds. The highest BCUT2D eigenvalue weighted by atomic mass is 19.1. The highest BCUT2D eigenvalue weighted by Gasteiger charge is 2.32. The topological polar surface area (TPSA) is 47.4 Å². The summed E-state index contributed by atoms with van der Waals surface area (Å²) in [7, 11) is 1.64. The number of ether oxygens (including phenoxy) is 1. The summed E-state index contributed by atoms with van der Waals surface area (Å²) in [5, 5.41) is 4.59. The van der Waals surface area contributed by atoms with E-state index in [9.17, 15) is 9.18 Å². The Labute approximate surface area is 160 Å². The molecule has 27 heavy (non-hydrogen) atoms. The van der Waals surface area contributed by atoms with Gasteiger partial charge in [-0.15, -0.1) is 0 Å². The smallest absolute Gasteiger partial charge is 0.274 e. The minimum atomic E-state index is -0.329. The Morgan fingerprint density at radius 2 is 2.04 bits per heavy atom. The van der Waals surface area contributed by atoms with Gasteiger partial charge in [0, 0.05) is 31.0 Å². The van der Waals surface area contributed by atoms with Crippen LogP contribution in [0.5, 0.6) is 0 Å². The van der Waals surface area contributed by atoms with Crippen molar-refractivity contribution in [2.75, 3.05) is 20.3 Å². The van der Waals surface area contributed by atoms with Crippen LogP contribution in [0.2, 0.25) is 0 Å². The maximum atomic E-state index is 14.3. The van der Waals surface area contributed by atoms with Crippen LogP contribution < -0.4 is 0 Å². The van der Waals surface area contributed by atoms with Crippen LogP contribution in [-0.2, 0) is 17.6 Å². The van der Waals surface area contributed by atoms with E-state index in [-0.39, 0.29) is 17.8 Å². The summed E-state index contributed by atoms with van der Waals surface area (Å²) in [5.41, 5.74) is 2.80. The SMILES string of the molecule is CCC(CC)N(CCOC)C(=O)c1nn(-c2ccccc2F)c2c1CCC2. The van der Waals surface area contributed by atoms with E-state index in [1.54, 1.807) is 30.0 Å². The lowest BCUT2D eigenvalue weighted by molar-refractivity contribution is 0.0582. The highest BCUT2D eigenvalue weighted by Crippen LogP contribution is 2.30. The van der Waals surface area contributed by atoms with E-state index >= 15 is 0 Å². The zero-order chi connectivity index (χ0) is 19.4. The number of fused-ring (bicyclic) bond motifs is 1. The minimum Gasteiger partial charge on any atom is -0.383 e. The Morgan fingerprint density at radius 1 is 1.30 bits per heavy atom. The van der Waals surface area contributed by atoms with Gasteiger partial charge in [-0.25, -0.2) is 9.07 Å². The van der Waals surface area contributed by atoms with E-state index in [0.717, 1.165) is 43.4 Å². The van der Waals surface area contributed by atoms with Gasteiger partial charge in [0.05, 0.1) is 6.61 Å². The molecule has 1 aromatic carbocycles. The number of benzene rings is 1. The third kappa shape index (κ3) is 3.76. The summed E-state index contributed by atoms with van der Waals surface area (Å²) in [4.78, 5) is 15.3. The van der Waals surface area contributed by atoms with Crippen LogP contribution in [0.15, 0.2) is 24.3 Å². The average Bonchev–Trinajstić information content (AvgIpc) is 3.28. The number of carbonyl (C=O) groups is 1. The van der Waals surface area contributed by atoms with E-state index in [4.69, 9.17) is 4.74 Å². The predicted octanol–water partition coefficient (Wildman–Crippen LogP) is 3.78. The van der Waals surface area contributed by atoms with Gasteiger partial charge in [-0.1, -0.05) is 26.0 Å². The van der Waals surface area contributed by atoms with Crippen LogP contribution in [-0.4, -0.2) is 46.9 Å². The first-order valence-electron chi connectivity index (χ1n) is 9.77. The first-order chi connectivity index (χ1) is 13.1. The number of para-hydroxylation sites is 1. The lowest BCUT2D eigenvalue weighted by atomic mass is 10.1. The maximum Gasteiger partial charge on any atom is 0.274 e. The van der Waals surface area contributed by atoms with Crippen molar-refractivity contribution in [3.8, 4) is 5.69 Å². The number of nitrogens with zero attached hydrogens (tertiary/aromatic N) is 3. The number of amides is 1. The van der Waals surface area contributed by atoms with Gasteiger partial charge in [-0.2, -0.15) is 5.10 Å². The third-order valence-electron chi connectivity index (χ3n) is 5.39. The minimum absolute atomic E-state index is 0.0750. The first-order valence-corrected chi connectivity index (χ1v) is 9.77. The summed E-state index contributed by atoms with van der Waals surface area (Å²) in [6.45, 7) is 5.19. The van der Waals surface area contributed by atoms with Crippen molar-refractivity contribution in [3.63, 3.8) is 0 Å². The molecular formula is C21H28FN3O2. The monoisotopic (exact) mass is 373 g/mol. The molecule has 2 aromatic rings. The van der Waals surface area contributed by atoms with Gasteiger partial charge in [0.25, 0.3) is 5.91 Å². The molecule has 1 aliphatic carbocycles. The molecule has 6 heteroatoms. The second kappa shape index (κ2) is 8.65. The van der Waals surface area contributed by atoms with E-state index in [2.05, 4.69) is 18.9 Å². The zero-order valence-electron chi connectivity index (χ0n) is 16.4. The summed E-state index contributed by atoms with van der Waals surface area (Å²) in [6.07, 6.45) is 4.34. The molecule has 1 aliphatic rings. The Kier molecular flexibility index (Phi) is 6.26. The van der Waals surface area contributed by atoms with Crippen molar-refractivity contribution in [1.82, 2.24) is 14.7 Å². The predicted molar refractivity (Wildman–Crippen MR) is 103 cm³/mol. The fourth-order valence-corrected chi connectivity index (χ4v) is 3.94. The second-order valence-electron chi connectivity index (χ2n) is 6.95. The molecule has 0 radical (unpaired) electrons. The third-order valence-corrected chi connectivity index (χ3v) is 5.39. The molecule has 0 atom stereocenters. The molecule has 0 saturated heterocycles. The molecular weight excluding hydrogens is 345 g/mol. The second-order valence-corrected chi connectivity index (χ2v) is 6.95. The number of aromatic nitrogens is 2. The highest BCUT2D eigenvalue weighted by molar-refractivity contribution is 5.94. The molecule has 146 valence electrons. The fourth-order valence-electron chi connectivity index (χ4n) is 3.94. The molecule has 0 spiro atoms. The quantitative estimate of drug-likeness (QED) is 0.708. The van der Waals surface area contributed by atoms with E-state index in [1.165, 1.54) is 6.07 Å². The average molecular weight is 373 g/mol. The first kappa shape index (κ1) is 19.5. The number of carbonyl (C=O) groups excluding carboxylic acids is 1. The van der Waals surface area contributed by atoms with Crippen molar-refractivity contribution in [1.29, 1.82) is 0 Å². The molecule has 3 rings (SSSR count). The van der Waals surface area contributed by atoms with Gasteiger partial charge in [0.2, 0.25) is 0 Å². The van der Waals surface area contributed by atoms with Crippen LogP contribution in [0.3, 0.4) is 0 Å². The van der Waals surface area contributed by atoms with E-state index in [0.29, 0.717) is 24.5 Å². The Balaban J connectivity index is 2.02. The fraction of sp³-hybridized carbons (Fsp3) is 0.524. The Bertz CT molecular complexity index is 799. The van der Waals surface area contributed by atoms with Crippen LogP contribution in [0.4, 0.5) is 4.39 Å². The van der Waals surface area contributed by atoms with Gasteiger partial charge < -0.3 is 9.64 Å². The van der Waals surface area contributed by atoms with Crippen molar-refractivity contribution in [3.05, 3.63) is 47.0 Å². The summed E-state index contributed by atoms with van der Waals surface area (Å²) in [6, 6.07) is 6.73. The van der Waals surface area contributed by atoms with Gasteiger partial charge in [0.1, 0.15) is 11.5 Å². The molecule has 0 aliphatic heterocycles. The number of rotatable bonds is 8. The van der Waals surface area contributed by atoms with Crippen LogP contribution in [0.25, 0.3) is 5.69 Å². The van der Waals surface area contributed by atoms with Gasteiger partial charge in [0.15, 0.2) is 5.69 Å². The molecule has 0 saturated carbocycles. The standard InChI is InChI=1S/C21H28FN3O2/c1-4-15(5-2)24(13-14-27-3)21(26)20-16-9-8-12-18(16)25(23-20)19-11-7-6-10-17(19)22/h6-7,10-11,15H,4-5,8-9,12-14H2,1-3H3. The zero-order valence-corrected chi connectivity index (χ0v) is 16.4. The van der Waals surface area contributed by atoms with E-state index < -0.39 is 0 Å². The maximum absolute atomic E-state index is 14.3. The molecule has 5 nitrogen and oxygen atoms in total. The lowest BCUT2D eigenvalue weighted by Gasteiger charge is -2.30. The Morgan fingerprint density at radius 3 is 2.70 bits per heavy atom.